The van der Waals surface area contributed by atoms with Crippen LogP contribution < -0.4 is 5.32 Å². The third-order valence-corrected chi connectivity index (χ3v) is 4.66. The summed E-state index contributed by atoms with van der Waals surface area (Å²) in [7, 11) is 0. The summed E-state index contributed by atoms with van der Waals surface area (Å²) in [5.74, 6) is 0. The fourth-order valence-corrected chi connectivity index (χ4v) is 3.04. The Kier molecular flexibility index (Phi) is 4.72. The monoisotopic (exact) mass is 274 g/mol. The number of thiazole rings is 1. The van der Waals surface area contributed by atoms with Crippen molar-refractivity contribution >= 4 is 11.3 Å². The molecular weight excluding hydrogens is 252 g/mol. The van der Waals surface area contributed by atoms with Crippen molar-refractivity contribution in [2.75, 3.05) is 0 Å². The highest BCUT2D eigenvalue weighted by atomic mass is 32.1. The average Bonchev–Trinajstić information content (AvgIpc) is 2.87. The molecule has 2 atom stereocenters. The standard InChI is InChI=1S/C16H22N2S/c1-5-15-10-17-16(19-15)13(4)18-12(3)14-8-6-7-11(2)9-14/h6-10,12-13,18H,5H2,1-4H3. The first kappa shape index (κ1) is 14.2. The Bertz CT molecular complexity index is 533. The Labute approximate surface area is 119 Å². The largest absolute Gasteiger partial charge is 0.302 e. The minimum Gasteiger partial charge on any atom is -0.302 e. The summed E-state index contributed by atoms with van der Waals surface area (Å²) < 4.78 is 0. The van der Waals surface area contributed by atoms with Gasteiger partial charge in [0, 0.05) is 17.1 Å². The third kappa shape index (κ3) is 3.64. The maximum absolute atomic E-state index is 4.51. The van der Waals surface area contributed by atoms with E-state index in [0.29, 0.717) is 12.1 Å². The van der Waals surface area contributed by atoms with Gasteiger partial charge in [0.25, 0.3) is 0 Å². The van der Waals surface area contributed by atoms with E-state index in [1.165, 1.54) is 21.0 Å². The molecule has 0 aliphatic rings. The van der Waals surface area contributed by atoms with E-state index in [4.69, 9.17) is 0 Å². The summed E-state index contributed by atoms with van der Waals surface area (Å²) in [6.07, 6.45) is 3.06. The number of hydrogen-bond donors (Lipinski definition) is 1. The van der Waals surface area contributed by atoms with Crippen molar-refractivity contribution in [3.05, 3.63) is 51.5 Å². The summed E-state index contributed by atoms with van der Waals surface area (Å²) in [4.78, 5) is 5.86. The molecule has 3 heteroatoms. The van der Waals surface area contributed by atoms with Gasteiger partial charge in [-0.25, -0.2) is 4.98 Å². The molecule has 0 bridgehead atoms. The number of nitrogens with one attached hydrogen (secondary N) is 1. The lowest BCUT2D eigenvalue weighted by molar-refractivity contribution is 0.493. The quantitative estimate of drug-likeness (QED) is 0.872. The van der Waals surface area contributed by atoms with Gasteiger partial charge < -0.3 is 5.32 Å². The highest BCUT2D eigenvalue weighted by molar-refractivity contribution is 7.11. The van der Waals surface area contributed by atoms with Gasteiger partial charge in [-0.2, -0.15) is 0 Å². The summed E-state index contributed by atoms with van der Waals surface area (Å²) in [6.45, 7) is 8.70. The lowest BCUT2D eigenvalue weighted by atomic mass is 10.1. The van der Waals surface area contributed by atoms with Gasteiger partial charge in [-0.1, -0.05) is 36.8 Å². The van der Waals surface area contributed by atoms with Crippen LogP contribution in [0.3, 0.4) is 0 Å². The van der Waals surface area contributed by atoms with E-state index in [1.807, 2.05) is 17.5 Å². The Hall–Kier alpha value is -1.19. The van der Waals surface area contributed by atoms with Crippen LogP contribution in [0.25, 0.3) is 0 Å². The van der Waals surface area contributed by atoms with Crippen LogP contribution in [0.1, 0.15) is 53.9 Å². The van der Waals surface area contributed by atoms with Crippen molar-refractivity contribution in [2.24, 2.45) is 0 Å². The molecule has 2 aromatic rings. The lowest BCUT2D eigenvalue weighted by Crippen LogP contribution is -2.22. The molecule has 102 valence electrons. The zero-order valence-corrected chi connectivity index (χ0v) is 12.9. The van der Waals surface area contributed by atoms with E-state index in [0.717, 1.165) is 6.42 Å². The van der Waals surface area contributed by atoms with Gasteiger partial charge >= 0.3 is 0 Å². The first-order chi connectivity index (χ1) is 9.10. The lowest BCUT2D eigenvalue weighted by Gasteiger charge is -2.19. The van der Waals surface area contributed by atoms with Crippen LogP contribution in [0, 0.1) is 6.92 Å². The summed E-state index contributed by atoms with van der Waals surface area (Å²) in [5, 5.41) is 4.80. The topological polar surface area (TPSA) is 24.9 Å². The Morgan fingerprint density at radius 3 is 2.68 bits per heavy atom. The highest BCUT2D eigenvalue weighted by Gasteiger charge is 2.14. The average molecular weight is 274 g/mol. The molecule has 0 saturated carbocycles. The van der Waals surface area contributed by atoms with Gasteiger partial charge in [0.2, 0.25) is 0 Å². The first-order valence-electron chi connectivity index (χ1n) is 6.87. The molecule has 19 heavy (non-hydrogen) atoms. The second-order valence-electron chi connectivity index (χ2n) is 5.04. The maximum Gasteiger partial charge on any atom is 0.109 e. The Morgan fingerprint density at radius 2 is 2.05 bits per heavy atom. The SMILES string of the molecule is CCc1cnc(C(C)NC(C)c2cccc(C)c2)s1. The zero-order valence-electron chi connectivity index (χ0n) is 12.1. The van der Waals surface area contributed by atoms with Gasteiger partial charge in [0.15, 0.2) is 0 Å². The van der Waals surface area contributed by atoms with Crippen molar-refractivity contribution < 1.29 is 0 Å². The molecule has 2 unspecified atom stereocenters. The molecule has 1 aromatic carbocycles. The molecule has 0 aliphatic heterocycles. The van der Waals surface area contributed by atoms with E-state index in [2.05, 4.69) is 62.3 Å². The Balaban J connectivity index is 2.03. The van der Waals surface area contributed by atoms with Crippen LogP contribution >= 0.6 is 11.3 Å². The summed E-state index contributed by atoms with van der Waals surface area (Å²) in [6, 6.07) is 9.30. The molecule has 2 rings (SSSR count). The maximum atomic E-state index is 4.51. The molecular formula is C16H22N2S. The predicted octanol–water partition coefficient (Wildman–Crippen LogP) is 4.43. The minimum absolute atomic E-state index is 0.292. The summed E-state index contributed by atoms with van der Waals surface area (Å²) in [5.41, 5.74) is 2.64. The molecule has 1 heterocycles. The molecule has 2 nitrogen and oxygen atoms in total. The number of nitrogens with zero attached hydrogens (tertiary/aromatic N) is 1. The van der Waals surface area contributed by atoms with Crippen molar-refractivity contribution in [1.29, 1.82) is 0 Å². The third-order valence-electron chi connectivity index (χ3n) is 3.33. The molecule has 1 N–H and O–H groups in total. The second kappa shape index (κ2) is 6.31. The molecule has 1 aromatic heterocycles. The number of rotatable bonds is 5. The van der Waals surface area contributed by atoms with E-state index in [9.17, 15) is 0 Å². The van der Waals surface area contributed by atoms with Crippen molar-refractivity contribution in [1.82, 2.24) is 10.3 Å². The molecule has 0 spiro atoms. The smallest absolute Gasteiger partial charge is 0.109 e. The van der Waals surface area contributed by atoms with Crippen molar-refractivity contribution in [3.8, 4) is 0 Å². The van der Waals surface area contributed by atoms with Gasteiger partial charge in [-0.15, -0.1) is 11.3 Å². The molecule has 0 saturated heterocycles. The van der Waals surface area contributed by atoms with Crippen LogP contribution in [0.15, 0.2) is 30.5 Å². The van der Waals surface area contributed by atoms with Crippen LogP contribution in [-0.2, 0) is 6.42 Å². The molecule has 0 amide bonds. The number of aryl methyl sites for hydroxylation is 2. The molecule has 0 fully saturated rings. The highest BCUT2D eigenvalue weighted by Crippen LogP contribution is 2.23. The van der Waals surface area contributed by atoms with Crippen LogP contribution in [0.2, 0.25) is 0 Å². The summed E-state index contributed by atoms with van der Waals surface area (Å²) >= 11 is 1.81. The zero-order chi connectivity index (χ0) is 13.8. The molecule has 0 aliphatic carbocycles. The van der Waals surface area contributed by atoms with Gasteiger partial charge in [0.05, 0.1) is 6.04 Å². The number of benzene rings is 1. The fourth-order valence-electron chi connectivity index (χ4n) is 2.17. The van der Waals surface area contributed by atoms with Gasteiger partial charge in [0.1, 0.15) is 5.01 Å². The number of aromatic nitrogens is 1. The van der Waals surface area contributed by atoms with E-state index in [1.54, 1.807) is 0 Å². The van der Waals surface area contributed by atoms with E-state index in [-0.39, 0.29) is 0 Å². The van der Waals surface area contributed by atoms with Crippen molar-refractivity contribution in [2.45, 2.75) is 46.2 Å². The fraction of sp³-hybridized carbons (Fsp3) is 0.438. The van der Waals surface area contributed by atoms with E-state index < -0.39 is 0 Å². The molecule has 0 radical (unpaired) electrons. The number of hydrogen-bond acceptors (Lipinski definition) is 3. The first-order valence-corrected chi connectivity index (χ1v) is 7.69. The van der Waals surface area contributed by atoms with Gasteiger partial charge in [-0.3, -0.25) is 0 Å². The Morgan fingerprint density at radius 1 is 1.26 bits per heavy atom. The predicted molar refractivity (Wildman–Crippen MR) is 82.6 cm³/mol. The van der Waals surface area contributed by atoms with Crippen LogP contribution in [0.4, 0.5) is 0 Å². The van der Waals surface area contributed by atoms with Crippen LogP contribution in [-0.4, -0.2) is 4.98 Å². The second-order valence-corrected chi connectivity index (χ2v) is 6.19. The minimum atomic E-state index is 0.292. The van der Waals surface area contributed by atoms with Gasteiger partial charge in [-0.05, 0) is 32.8 Å². The van der Waals surface area contributed by atoms with Crippen LogP contribution in [0.5, 0.6) is 0 Å². The van der Waals surface area contributed by atoms with Crippen molar-refractivity contribution in [3.63, 3.8) is 0 Å². The van der Waals surface area contributed by atoms with E-state index >= 15 is 0 Å². The normalized spacial score (nSPS) is 14.3.